The average Bonchev–Trinajstić information content (AvgIpc) is 2.87. The van der Waals surface area contributed by atoms with Gasteiger partial charge in [-0.1, -0.05) is 54.1 Å². The smallest absolute Gasteiger partial charge is 0.338 e. The molecule has 4 rings (SSSR count). The minimum absolute atomic E-state index is 0.0229. The van der Waals surface area contributed by atoms with Gasteiger partial charge in [-0.15, -0.1) is 0 Å². The first-order valence-electron chi connectivity index (χ1n) is 11.1. The number of esters is 1. The second-order valence-electron chi connectivity index (χ2n) is 8.24. The molecular weight excluding hydrogens is 488 g/mol. The molecule has 0 fully saturated rings. The zero-order valence-corrected chi connectivity index (χ0v) is 20.7. The number of benzene rings is 3. The van der Waals surface area contributed by atoms with Crippen LogP contribution in [0, 0.1) is 0 Å². The molecule has 0 aromatic heterocycles. The summed E-state index contributed by atoms with van der Waals surface area (Å²) >= 11 is 6.17. The maximum atomic E-state index is 13.1. The zero-order valence-electron chi connectivity index (χ0n) is 19.1. The molecule has 0 unspecified atom stereocenters. The average molecular weight is 513 g/mol. The highest BCUT2D eigenvalue weighted by atomic mass is 35.5. The summed E-state index contributed by atoms with van der Waals surface area (Å²) in [7, 11) is -2.64. The summed E-state index contributed by atoms with van der Waals surface area (Å²) in [4.78, 5) is 24.9. The van der Waals surface area contributed by atoms with Crippen molar-refractivity contribution in [2.45, 2.75) is 30.2 Å². The van der Waals surface area contributed by atoms with E-state index in [-0.39, 0.29) is 21.5 Å². The monoisotopic (exact) mass is 512 g/mol. The highest BCUT2D eigenvalue weighted by molar-refractivity contribution is 7.93. The molecule has 0 spiro atoms. The van der Waals surface area contributed by atoms with E-state index in [2.05, 4.69) is 11.4 Å². The number of carbonyl (C=O) groups excluding carboxylic acids is 2. The van der Waals surface area contributed by atoms with Crippen molar-refractivity contribution in [3.8, 4) is 0 Å². The number of rotatable bonds is 7. The molecule has 0 aliphatic heterocycles. The summed E-state index contributed by atoms with van der Waals surface area (Å²) in [6.45, 7) is -0.480. The molecule has 9 heteroatoms. The highest BCUT2D eigenvalue weighted by Crippen LogP contribution is 2.30. The van der Waals surface area contributed by atoms with Gasteiger partial charge in [-0.25, -0.2) is 13.2 Å². The standard InChI is InChI=1S/C26H25ClN2O5S/c1-29(20-10-3-2-4-11-20)35(32,33)24-16-19(14-15-22(24)27)26(31)34-17-25(30)28-23-13-7-9-18-8-5-6-12-21(18)23/h2-6,8,10-12,14-16,23H,7,9,13,17H2,1H3,(H,28,30)/t23-/m0/s1. The molecule has 0 heterocycles. The SMILES string of the molecule is CN(c1ccccc1)S(=O)(=O)c1cc(C(=O)OCC(=O)N[C@H]2CCCc3ccccc32)ccc1Cl. The molecule has 1 N–H and O–H groups in total. The Morgan fingerprint density at radius 3 is 2.54 bits per heavy atom. The number of para-hydroxylation sites is 1. The van der Waals surface area contributed by atoms with Crippen LogP contribution in [0.5, 0.6) is 0 Å². The van der Waals surface area contributed by atoms with Crippen LogP contribution in [0.3, 0.4) is 0 Å². The number of nitrogens with zero attached hydrogens (tertiary/aromatic N) is 1. The van der Waals surface area contributed by atoms with E-state index in [1.165, 1.54) is 24.7 Å². The number of nitrogens with one attached hydrogen (secondary N) is 1. The molecule has 1 amide bonds. The third-order valence-electron chi connectivity index (χ3n) is 5.96. The molecule has 7 nitrogen and oxygen atoms in total. The molecule has 35 heavy (non-hydrogen) atoms. The highest BCUT2D eigenvalue weighted by Gasteiger charge is 2.26. The Balaban J connectivity index is 1.43. The predicted molar refractivity (Wildman–Crippen MR) is 134 cm³/mol. The van der Waals surface area contributed by atoms with Gasteiger partial charge in [0.05, 0.1) is 22.3 Å². The number of ether oxygens (including phenoxy) is 1. The molecule has 0 radical (unpaired) electrons. The van der Waals surface area contributed by atoms with Crippen molar-refractivity contribution in [1.82, 2.24) is 5.32 Å². The Bertz CT molecular complexity index is 1340. The fraction of sp³-hybridized carbons (Fsp3) is 0.231. The number of hydrogen-bond acceptors (Lipinski definition) is 5. The molecular formula is C26H25ClN2O5S. The van der Waals surface area contributed by atoms with Gasteiger partial charge < -0.3 is 10.1 Å². The lowest BCUT2D eigenvalue weighted by atomic mass is 9.88. The number of aryl methyl sites for hydroxylation is 1. The first-order valence-corrected chi connectivity index (χ1v) is 13.0. The van der Waals surface area contributed by atoms with Crippen LogP contribution in [0.1, 0.15) is 40.4 Å². The van der Waals surface area contributed by atoms with Gasteiger partial charge in [0.15, 0.2) is 6.61 Å². The number of carbonyl (C=O) groups is 2. The van der Waals surface area contributed by atoms with Crippen LogP contribution in [-0.4, -0.2) is 33.9 Å². The number of fused-ring (bicyclic) bond motifs is 1. The Morgan fingerprint density at radius 2 is 1.77 bits per heavy atom. The first kappa shape index (κ1) is 24.8. The van der Waals surface area contributed by atoms with Gasteiger partial charge in [-0.3, -0.25) is 9.10 Å². The van der Waals surface area contributed by atoms with Gasteiger partial charge in [0.25, 0.3) is 15.9 Å². The third-order valence-corrected chi connectivity index (χ3v) is 8.23. The summed E-state index contributed by atoms with van der Waals surface area (Å²) in [5.41, 5.74) is 2.70. The van der Waals surface area contributed by atoms with Crippen molar-refractivity contribution in [2.24, 2.45) is 0 Å². The van der Waals surface area contributed by atoms with E-state index in [1.807, 2.05) is 18.2 Å². The molecule has 3 aromatic carbocycles. The third kappa shape index (κ3) is 5.49. The predicted octanol–water partition coefficient (Wildman–Crippen LogP) is 4.52. The van der Waals surface area contributed by atoms with Crippen molar-refractivity contribution in [3.05, 3.63) is 94.5 Å². The Labute approximate surface area is 209 Å². The fourth-order valence-electron chi connectivity index (χ4n) is 4.11. The van der Waals surface area contributed by atoms with Crippen LogP contribution in [0.25, 0.3) is 0 Å². The minimum atomic E-state index is -4.04. The van der Waals surface area contributed by atoms with E-state index < -0.39 is 28.5 Å². The molecule has 1 aliphatic rings. The Kier molecular flexibility index (Phi) is 7.42. The lowest BCUT2D eigenvalue weighted by Crippen LogP contribution is -2.34. The zero-order chi connectivity index (χ0) is 25.0. The van der Waals surface area contributed by atoms with Gasteiger partial charge >= 0.3 is 5.97 Å². The van der Waals surface area contributed by atoms with Gasteiger partial charge in [0.1, 0.15) is 4.90 Å². The van der Waals surface area contributed by atoms with E-state index in [1.54, 1.807) is 30.3 Å². The molecule has 1 aliphatic carbocycles. The Morgan fingerprint density at radius 1 is 1.06 bits per heavy atom. The summed E-state index contributed by atoms with van der Waals surface area (Å²) in [5, 5.41) is 2.89. The van der Waals surface area contributed by atoms with E-state index in [0.717, 1.165) is 35.2 Å². The van der Waals surface area contributed by atoms with Gasteiger partial charge in [0, 0.05) is 7.05 Å². The van der Waals surface area contributed by atoms with E-state index in [4.69, 9.17) is 16.3 Å². The number of anilines is 1. The maximum Gasteiger partial charge on any atom is 0.338 e. The number of halogens is 1. The lowest BCUT2D eigenvalue weighted by Gasteiger charge is -2.26. The Hall–Kier alpha value is -3.36. The van der Waals surface area contributed by atoms with Crippen LogP contribution in [0.15, 0.2) is 77.7 Å². The van der Waals surface area contributed by atoms with Gasteiger partial charge in [0.2, 0.25) is 0 Å². The van der Waals surface area contributed by atoms with E-state index in [0.29, 0.717) is 5.69 Å². The van der Waals surface area contributed by atoms with Crippen molar-refractivity contribution < 1.29 is 22.7 Å². The second kappa shape index (κ2) is 10.5. The van der Waals surface area contributed by atoms with Crippen LogP contribution < -0.4 is 9.62 Å². The normalized spacial score (nSPS) is 15.1. The number of sulfonamides is 1. The molecule has 0 bridgehead atoms. The first-order chi connectivity index (χ1) is 16.8. The quantitative estimate of drug-likeness (QED) is 0.470. The van der Waals surface area contributed by atoms with Crippen molar-refractivity contribution >= 4 is 39.2 Å². The fourth-order valence-corrected chi connectivity index (χ4v) is 5.80. The summed E-state index contributed by atoms with van der Waals surface area (Å²) in [6.07, 6.45) is 2.74. The van der Waals surface area contributed by atoms with Crippen LogP contribution in [0.2, 0.25) is 5.02 Å². The van der Waals surface area contributed by atoms with E-state index >= 15 is 0 Å². The van der Waals surface area contributed by atoms with Crippen molar-refractivity contribution in [2.75, 3.05) is 18.0 Å². The molecule has 0 saturated carbocycles. The maximum absolute atomic E-state index is 13.1. The van der Waals surface area contributed by atoms with E-state index in [9.17, 15) is 18.0 Å². The molecule has 1 atom stereocenters. The van der Waals surface area contributed by atoms with Crippen LogP contribution in [0.4, 0.5) is 5.69 Å². The molecule has 0 saturated heterocycles. The van der Waals surface area contributed by atoms with Gasteiger partial charge in [-0.05, 0) is 60.7 Å². The minimum Gasteiger partial charge on any atom is -0.452 e. The number of hydrogen-bond donors (Lipinski definition) is 1. The molecule has 182 valence electrons. The van der Waals surface area contributed by atoms with Crippen LogP contribution >= 0.6 is 11.6 Å². The topological polar surface area (TPSA) is 92.8 Å². The lowest BCUT2D eigenvalue weighted by molar-refractivity contribution is -0.125. The largest absolute Gasteiger partial charge is 0.452 e. The summed E-state index contributed by atoms with van der Waals surface area (Å²) < 4.78 is 32.5. The van der Waals surface area contributed by atoms with Gasteiger partial charge in [-0.2, -0.15) is 0 Å². The molecule has 3 aromatic rings. The summed E-state index contributed by atoms with van der Waals surface area (Å²) in [6, 6.07) is 20.2. The summed E-state index contributed by atoms with van der Waals surface area (Å²) in [5.74, 6) is -1.25. The van der Waals surface area contributed by atoms with Crippen LogP contribution in [-0.2, 0) is 26.0 Å². The van der Waals surface area contributed by atoms with Crippen molar-refractivity contribution in [1.29, 1.82) is 0 Å². The van der Waals surface area contributed by atoms with Crippen molar-refractivity contribution in [3.63, 3.8) is 0 Å². The number of amides is 1. The second-order valence-corrected chi connectivity index (χ2v) is 10.6.